The maximum Gasteiger partial charge on any atom is 0.389 e. The van der Waals surface area contributed by atoms with Gasteiger partial charge in [-0.25, -0.2) is 9.50 Å². The van der Waals surface area contributed by atoms with Gasteiger partial charge in [-0.2, -0.15) is 18.3 Å². The predicted octanol–water partition coefficient (Wildman–Crippen LogP) is 3.28. The molecule has 174 valence electrons. The van der Waals surface area contributed by atoms with Crippen LogP contribution in [0.3, 0.4) is 0 Å². The molecule has 0 spiro atoms. The molecule has 2 amide bonds. The van der Waals surface area contributed by atoms with Crippen LogP contribution in [0.15, 0.2) is 36.9 Å². The van der Waals surface area contributed by atoms with Crippen LogP contribution >= 0.6 is 0 Å². The van der Waals surface area contributed by atoms with Crippen molar-refractivity contribution in [2.24, 2.45) is 0 Å². The summed E-state index contributed by atoms with van der Waals surface area (Å²) in [6.45, 7) is 0.239. The van der Waals surface area contributed by atoms with Gasteiger partial charge in [0.25, 0.3) is 5.91 Å². The number of fused-ring (bicyclic) bond motifs is 1. The second-order valence-electron chi connectivity index (χ2n) is 8.11. The molecule has 4 rings (SSSR count). The standard InChI is InChI=1S/C22H23F3N6O2/c23-22(24,25)5-4-20(32)27-8-14-6-19-30-18(13-31(19)29-9-14)12-28-21(33)17-7-16(10-26-11-17)15-2-1-3-15/h6-7,9-11,13,15H,1-5,8,12H2,(H,27,32)(H,28,33). The summed E-state index contributed by atoms with van der Waals surface area (Å²) >= 11 is 0. The van der Waals surface area contributed by atoms with Crippen LogP contribution in [0.25, 0.3) is 5.65 Å². The Labute approximate surface area is 187 Å². The summed E-state index contributed by atoms with van der Waals surface area (Å²) in [5, 5.41) is 9.47. The minimum atomic E-state index is -4.37. The van der Waals surface area contributed by atoms with E-state index in [9.17, 15) is 22.8 Å². The van der Waals surface area contributed by atoms with E-state index < -0.39 is 24.9 Å². The molecule has 1 aliphatic carbocycles. The molecule has 0 saturated heterocycles. The molecule has 0 bridgehead atoms. The Hall–Kier alpha value is -3.50. The molecule has 3 aromatic rings. The average molecular weight is 460 g/mol. The number of amides is 2. The van der Waals surface area contributed by atoms with Gasteiger partial charge in [0.15, 0.2) is 5.65 Å². The number of nitrogens with zero attached hydrogens (tertiary/aromatic N) is 4. The second-order valence-corrected chi connectivity index (χ2v) is 8.11. The van der Waals surface area contributed by atoms with E-state index in [4.69, 9.17) is 0 Å². The third kappa shape index (κ3) is 6.05. The fourth-order valence-corrected chi connectivity index (χ4v) is 3.51. The van der Waals surface area contributed by atoms with Crippen molar-refractivity contribution in [1.29, 1.82) is 0 Å². The fourth-order valence-electron chi connectivity index (χ4n) is 3.51. The minimum Gasteiger partial charge on any atom is -0.352 e. The van der Waals surface area contributed by atoms with Crippen LogP contribution in [-0.2, 0) is 17.9 Å². The van der Waals surface area contributed by atoms with Crippen LogP contribution < -0.4 is 10.6 Å². The second kappa shape index (κ2) is 9.55. The zero-order valence-corrected chi connectivity index (χ0v) is 17.7. The van der Waals surface area contributed by atoms with Gasteiger partial charge < -0.3 is 10.6 Å². The number of alkyl halides is 3. The molecule has 0 aromatic carbocycles. The molecule has 0 aliphatic heterocycles. The van der Waals surface area contributed by atoms with E-state index in [-0.39, 0.29) is 19.0 Å². The number of carbonyl (C=O) groups is 2. The Balaban J connectivity index is 1.32. The maximum atomic E-state index is 12.5. The molecule has 1 saturated carbocycles. The fraction of sp³-hybridized carbons (Fsp3) is 0.409. The smallest absolute Gasteiger partial charge is 0.352 e. The number of aromatic nitrogens is 4. The third-order valence-corrected chi connectivity index (χ3v) is 5.58. The average Bonchev–Trinajstić information content (AvgIpc) is 3.15. The van der Waals surface area contributed by atoms with E-state index in [0.717, 1.165) is 18.4 Å². The number of pyridine rings is 1. The highest BCUT2D eigenvalue weighted by Gasteiger charge is 2.27. The molecule has 2 N–H and O–H groups in total. The molecular weight excluding hydrogens is 437 g/mol. The number of rotatable bonds is 8. The number of imidazole rings is 1. The quantitative estimate of drug-likeness (QED) is 0.537. The van der Waals surface area contributed by atoms with Crippen molar-refractivity contribution in [2.75, 3.05) is 0 Å². The lowest BCUT2D eigenvalue weighted by molar-refractivity contribution is -0.144. The Kier molecular flexibility index (Phi) is 6.57. The molecule has 0 radical (unpaired) electrons. The number of hydrogen-bond acceptors (Lipinski definition) is 5. The summed E-state index contributed by atoms with van der Waals surface area (Å²) in [6.07, 6.45) is 3.83. The van der Waals surface area contributed by atoms with Gasteiger partial charge in [-0.3, -0.25) is 14.6 Å². The minimum absolute atomic E-state index is 0.0451. The zero-order chi connectivity index (χ0) is 23.4. The highest BCUT2D eigenvalue weighted by atomic mass is 19.4. The van der Waals surface area contributed by atoms with Crippen molar-refractivity contribution in [2.45, 2.75) is 57.3 Å². The first-order valence-corrected chi connectivity index (χ1v) is 10.7. The maximum absolute atomic E-state index is 12.5. The van der Waals surface area contributed by atoms with Crippen LogP contribution in [0, 0.1) is 0 Å². The van der Waals surface area contributed by atoms with E-state index in [1.165, 1.54) is 23.3 Å². The summed E-state index contributed by atoms with van der Waals surface area (Å²) in [6, 6.07) is 3.56. The molecule has 0 atom stereocenters. The molecule has 0 unspecified atom stereocenters. The van der Waals surface area contributed by atoms with E-state index in [1.807, 2.05) is 12.3 Å². The summed E-state index contributed by atoms with van der Waals surface area (Å²) < 4.78 is 38.1. The molecule has 3 heterocycles. The van der Waals surface area contributed by atoms with Crippen molar-refractivity contribution < 1.29 is 22.8 Å². The molecule has 33 heavy (non-hydrogen) atoms. The van der Waals surface area contributed by atoms with Gasteiger partial charge in [-0.05, 0) is 42.0 Å². The van der Waals surface area contributed by atoms with Crippen molar-refractivity contribution in [3.63, 3.8) is 0 Å². The van der Waals surface area contributed by atoms with Crippen LogP contribution in [0.2, 0.25) is 0 Å². The number of nitrogens with one attached hydrogen (secondary N) is 2. The Morgan fingerprint density at radius 3 is 2.64 bits per heavy atom. The van der Waals surface area contributed by atoms with Gasteiger partial charge in [0.1, 0.15) is 0 Å². The van der Waals surface area contributed by atoms with E-state index >= 15 is 0 Å². The molecule has 1 aliphatic rings. The van der Waals surface area contributed by atoms with Gasteiger partial charge >= 0.3 is 6.18 Å². The van der Waals surface area contributed by atoms with E-state index in [0.29, 0.717) is 28.4 Å². The Morgan fingerprint density at radius 2 is 1.91 bits per heavy atom. The van der Waals surface area contributed by atoms with Crippen LogP contribution in [-0.4, -0.2) is 37.6 Å². The summed E-state index contributed by atoms with van der Waals surface area (Å²) in [7, 11) is 0. The van der Waals surface area contributed by atoms with Crippen LogP contribution in [0.1, 0.15) is 65.2 Å². The topological polar surface area (TPSA) is 101 Å². The summed E-state index contributed by atoms with van der Waals surface area (Å²) in [5.74, 6) is -0.441. The van der Waals surface area contributed by atoms with Gasteiger partial charge in [0, 0.05) is 25.4 Å². The first kappa shape index (κ1) is 22.7. The first-order chi connectivity index (χ1) is 15.8. The van der Waals surface area contributed by atoms with Crippen LogP contribution in [0.5, 0.6) is 0 Å². The third-order valence-electron chi connectivity index (χ3n) is 5.58. The van der Waals surface area contributed by atoms with E-state index in [1.54, 1.807) is 12.3 Å². The highest BCUT2D eigenvalue weighted by Crippen LogP contribution is 2.36. The van der Waals surface area contributed by atoms with E-state index in [2.05, 4.69) is 25.7 Å². The largest absolute Gasteiger partial charge is 0.389 e. The highest BCUT2D eigenvalue weighted by molar-refractivity contribution is 5.94. The lowest BCUT2D eigenvalue weighted by Gasteiger charge is -2.25. The Bertz CT molecular complexity index is 1160. The van der Waals surface area contributed by atoms with Gasteiger partial charge in [-0.15, -0.1) is 0 Å². The number of halogens is 3. The Morgan fingerprint density at radius 1 is 1.09 bits per heavy atom. The predicted molar refractivity (Wildman–Crippen MR) is 112 cm³/mol. The molecule has 11 heteroatoms. The lowest BCUT2D eigenvalue weighted by Crippen LogP contribution is -2.24. The van der Waals surface area contributed by atoms with Crippen LogP contribution in [0.4, 0.5) is 13.2 Å². The summed E-state index contributed by atoms with van der Waals surface area (Å²) in [5.41, 5.74) is 3.27. The molecule has 8 nitrogen and oxygen atoms in total. The first-order valence-electron chi connectivity index (χ1n) is 10.7. The normalized spacial score (nSPS) is 14.2. The van der Waals surface area contributed by atoms with Gasteiger partial charge in [-0.1, -0.05) is 6.42 Å². The van der Waals surface area contributed by atoms with Crippen molar-refractivity contribution >= 4 is 17.5 Å². The van der Waals surface area contributed by atoms with Crippen molar-refractivity contribution in [1.82, 2.24) is 30.2 Å². The number of carbonyl (C=O) groups excluding carboxylic acids is 2. The van der Waals surface area contributed by atoms with Gasteiger partial charge in [0.05, 0.1) is 36.6 Å². The molecule has 1 fully saturated rings. The lowest BCUT2D eigenvalue weighted by atomic mass is 9.80. The SMILES string of the molecule is O=C(CCC(F)(F)F)NCc1cnn2cc(CNC(=O)c3cncc(C4CCC4)c3)nc2c1. The number of hydrogen-bond donors (Lipinski definition) is 2. The molecule has 3 aromatic heterocycles. The van der Waals surface area contributed by atoms with Gasteiger partial charge in [0.2, 0.25) is 5.91 Å². The van der Waals surface area contributed by atoms with Crippen molar-refractivity contribution in [3.8, 4) is 0 Å². The zero-order valence-electron chi connectivity index (χ0n) is 17.7. The molecular formula is C22H23F3N6O2. The monoisotopic (exact) mass is 460 g/mol. The van der Waals surface area contributed by atoms with Crippen molar-refractivity contribution in [3.05, 3.63) is 59.3 Å². The summed E-state index contributed by atoms with van der Waals surface area (Å²) in [4.78, 5) is 32.7.